The molecule has 2 aromatic rings. The van der Waals surface area contributed by atoms with E-state index in [0.717, 1.165) is 5.56 Å². The lowest BCUT2D eigenvalue weighted by molar-refractivity contribution is -0.134. The summed E-state index contributed by atoms with van der Waals surface area (Å²) >= 11 is 0. The van der Waals surface area contributed by atoms with E-state index in [4.69, 9.17) is 9.47 Å². The number of carbonyl (C=O) groups excluding carboxylic acids is 2. The highest BCUT2D eigenvalue weighted by Crippen LogP contribution is 2.10. The van der Waals surface area contributed by atoms with Crippen LogP contribution >= 0.6 is 0 Å². The van der Waals surface area contributed by atoms with E-state index in [0.29, 0.717) is 24.3 Å². The maximum atomic E-state index is 13.3. The van der Waals surface area contributed by atoms with E-state index in [1.807, 2.05) is 13.0 Å². The number of likely N-dealkylation sites (N-methyl/N-ethyl adjacent to an activating group) is 1. The van der Waals surface area contributed by atoms with Crippen molar-refractivity contribution in [2.45, 2.75) is 20.1 Å². The van der Waals surface area contributed by atoms with Crippen molar-refractivity contribution >= 4 is 11.9 Å². The van der Waals surface area contributed by atoms with Crippen LogP contribution in [-0.2, 0) is 27.4 Å². The number of nitrogens with zero attached hydrogens (tertiary/aromatic N) is 1. The van der Waals surface area contributed by atoms with Crippen molar-refractivity contribution < 1.29 is 23.5 Å². The topological polar surface area (TPSA) is 55.8 Å². The fraction of sp³-hybridized carbons (Fsp3) is 0.300. The van der Waals surface area contributed by atoms with Gasteiger partial charge in [-0.05, 0) is 42.3 Å². The number of benzene rings is 2. The van der Waals surface area contributed by atoms with Crippen LogP contribution in [0.15, 0.2) is 48.5 Å². The molecule has 1 amide bonds. The molecular weight excluding hydrogens is 337 g/mol. The van der Waals surface area contributed by atoms with Gasteiger partial charge in [0.15, 0.2) is 6.61 Å². The Bertz CT molecular complexity index is 763. The van der Waals surface area contributed by atoms with Gasteiger partial charge >= 0.3 is 5.97 Å². The summed E-state index contributed by atoms with van der Waals surface area (Å²) in [6.45, 7) is 2.52. The Morgan fingerprint density at radius 3 is 2.50 bits per heavy atom. The molecule has 0 aliphatic carbocycles. The molecule has 0 saturated carbocycles. The van der Waals surface area contributed by atoms with Crippen LogP contribution in [0.2, 0.25) is 0 Å². The second kappa shape index (κ2) is 9.68. The van der Waals surface area contributed by atoms with Gasteiger partial charge < -0.3 is 14.4 Å². The van der Waals surface area contributed by atoms with Crippen LogP contribution in [0.5, 0.6) is 0 Å². The van der Waals surface area contributed by atoms with Crippen molar-refractivity contribution in [1.29, 1.82) is 0 Å². The van der Waals surface area contributed by atoms with Crippen molar-refractivity contribution in [2.24, 2.45) is 0 Å². The van der Waals surface area contributed by atoms with Crippen LogP contribution in [0.4, 0.5) is 4.39 Å². The zero-order valence-corrected chi connectivity index (χ0v) is 14.9. The third kappa shape index (κ3) is 5.67. The summed E-state index contributed by atoms with van der Waals surface area (Å²) in [5.74, 6) is -1.26. The molecule has 0 bridgehead atoms. The number of rotatable bonds is 8. The van der Waals surface area contributed by atoms with Gasteiger partial charge in [0.1, 0.15) is 5.82 Å². The highest BCUT2D eigenvalue weighted by molar-refractivity contribution is 5.91. The molecule has 0 aliphatic heterocycles. The standard InChI is InChI=1S/C20H22FNO4/c1-3-22(12-15-6-5-9-18(21)11-15)19(23)14-26-20(24)17-8-4-7-16(10-17)13-25-2/h4-11H,3,12-14H2,1-2H3. The van der Waals surface area contributed by atoms with Crippen molar-refractivity contribution in [2.75, 3.05) is 20.3 Å². The molecular formula is C20H22FNO4. The summed E-state index contributed by atoms with van der Waals surface area (Å²) in [5.41, 5.74) is 1.88. The van der Waals surface area contributed by atoms with E-state index >= 15 is 0 Å². The Hall–Kier alpha value is -2.73. The third-order valence-electron chi connectivity index (χ3n) is 3.80. The van der Waals surface area contributed by atoms with Crippen LogP contribution in [0.25, 0.3) is 0 Å². The highest BCUT2D eigenvalue weighted by Gasteiger charge is 2.16. The maximum absolute atomic E-state index is 13.3. The molecule has 0 unspecified atom stereocenters. The number of halogens is 1. The van der Waals surface area contributed by atoms with Crippen LogP contribution < -0.4 is 0 Å². The zero-order valence-electron chi connectivity index (χ0n) is 14.9. The second-order valence-corrected chi connectivity index (χ2v) is 5.75. The van der Waals surface area contributed by atoms with E-state index in [-0.39, 0.29) is 24.9 Å². The van der Waals surface area contributed by atoms with E-state index in [2.05, 4.69) is 0 Å². The minimum absolute atomic E-state index is 0.258. The predicted octanol–water partition coefficient (Wildman–Crippen LogP) is 3.18. The first-order valence-corrected chi connectivity index (χ1v) is 8.30. The smallest absolute Gasteiger partial charge is 0.338 e. The lowest BCUT2D eigenvalue weighted by Gasteiger charge is -2.21. The van der Waals surface area contributed by atoms with E-state index in [1.165, 1.54) is 17.0 Å². The molecule has 0 heterocycles. The van der Waals surface area contributed by atoms with Gasteiger partial charge in [0.2, 0.25) is 0 Å². The molecule has 138 valence electrons. The predicted molar refractivity (Wildman–Crippen MR) is 94.9 cm³/mol. The fourth-order valence-electron chi connectivity index (χ4n) is 2.49. The maximum Gasteiger partial charge on any atom is 0.338 e. The Kier molecular flexibility index (Phi) is 7.29. The molecule has 6 heteroatoms. The first-order chi connectivity index (χ1) is 12.5. The number of hydrogen-bond donors (Lipinski definition) is 0. The number of carbonyl (C=O) groups is 2. The lowest BCUT2D eigenvalue weighted by Crippen LogP contribution is -2.34. The molecule has 2 rings (SSSR count). The first-order valence-electron chi connectivity index (χ1n) is 8.30. The molecule has 0 aliphatic rings. The van der Waals surface area contributed by atoms with Gasteiger partial charge in [-0.2, -0.15) is 0 Å². The molecule has 0 saturated heterocycles. The van der Waals surface area contributed by atoms with Crippen LogP contribution in [0.3, 0.4) is 0 Å². The minimum atomic E-state index is -0.571. The molecule has 0 fully saturated rings. The Morgan fingerprint density at radius 2 is 1.81 bits per heavy atom. The summed E-state index contributed by atoms with van der Waals surface area (Å²) in [4.78, 5) is 25.9. The van der Waals surface area contributed by atoms with Gasteiger partial charge in [-0.3, -0.25) is 4.79 Å². The average Bonchev–Trinajstić information content (AvgIpc) is 2.64. The second-order valence-electron chi connectivity index (χ2n) is 5.75. The number of ether oxygens (including phenoxy) is 2. The molecule has 0 N–H and O–H groups in total. The molecule has 0 spiro atoms. The Balaban J connectivity index is 1.93. The summed E-state index contributed by atoms with van der Waals surface area (Å²) in [5, 5.41) is 0. The summed E-state index contributed by atoms with van der Waals surface area (Å²) in [6.07, 6.45) is 0. The van der Waals surface area contributed by atoms with Crippen LogP contribution in [0, 0.1) is 5.82 Å². The van der Waals surface area contributed by atoms with Gasteiger partial charge in [-0.15, -0.1) is 0 Å². The lowest BCUT2D eigenvalue weighted by atomic mass is 10.1. The quantitative estimate of drug-likeness (QED) is 0.680. The Morgan fingerprint density at radius 1 is 1.08 bits per heavy atom. The molecule has 0 aromatic heterocycles. The normalized spacial score (nSPS) is 10.4. The zero-order chi connectivity index (χ0) is 18.9. The molecule has 0 atom stereocenters. The fourth-order valence-corrected chi connectivity index (χ4v) is 2.49. The first kappa shape index (κ1) is 19.6. The monoisotopic (exact) mass is 359 g/mol. The van der Waals surface area contributed by atoms with E-state index in [9.17, 15) is 14.0 Å². The van der Waals surface area contributed by atoms with Gasteiger partial charge in [0.25, 0.3) is 5.91 Å². The number of hydrogen-bond acceptors (Lipinski definition) is 4. The number of amides is 1. The summed E-state index contributed by atoms with van der Waals surface area (Å²) in [6, 6.07) is 12.9. The van der Waals surface area contributed by atoms with Gasteiger partial charge in [-0.1, -0.05) is 24.3 Å². The van der Waals surface area contributed by atoms with Crippen molar-refractivity contribution in [3.63, 3.8) is 0 Å². The molecule has 2 aromatic carbocycles. The largest absolute Gasteiger partial charge is 0.452 e. The minimum Gasteiger partial charge on any atom is -0.452 e. The average molecular weight is 359 g/mol. The molecule has 0 radical (unpaired) electrons. The number of esters is 1. The van der Waals surface area contributed by atoms with Crippen molar-refractivity contribution in [3.8, 4) is 0 Å². The number of methoxy groups -OCH3 is 1. The van der Waals surface area contributed by atoms with Crippen LogP contribution in [-0.4, -0.2) is 37.0 Å². The van der Waals surface area contributed by atoms with Gasteiger partial charge in [-0.25, -0.2) is 9.18 Å². The van der Waals surface area contributed by atoms with E-state index < -0.39 is 5.97 Å². The third-order valence-corrected chi connectivity index (χ3v) is 3.80. The summed E-state index contributed by atoms with van der Waals surface area (Å²) < 4.78 is 23.4. The van der Waals surface area contributed by atoms with Crippen molar-refractivity contribution in [1.82, 2.24) is 4.90 Å². The Labute approximate surface area is 152 Å². The van der Waals surface area contributed by atoms with Gasteiger partial charge in [0.05, 0.1) is 12.2 Å². The van der Waals surface area contributed by atoms with Gasteiger partial charge in [0, 0.05) is 20.2 Å². The van der Waals surface area contributed by atoms with Crippen LogP contribution in [0.1, 0.15) is 28.4 Å². The molecule has 5 nitrogen and oxygen atoms in total. The van der Waals surface area contributed by atoms with E-state index in [1.54, 1.807) is 37.4 Å². The highest BCUT2D eigenvalue weighted by atomic mass is 19.1. The molecule has 26 heavy (non-hydrogen) atoms. The summed E-state index contributed by atoms with van der Waals surface area (Å²) in [7, 11) is 1.57. The SMILES string of the molecule is CCN(Cc1cccc(F)c1)C(=O)COC(=O)c1cccc(COC)c1. The van der Waals surface area contributed by atoms with Crippen molar-refractivity contribution in [3.05, 3.63) is 71.0 Å².